The van der Waals surface area contributed by atoms with E-state index in [4.69, 9.17) is 5.73 Å². The highest BCUT2D eigenvalue weighted by atomic mass is 35.5. The molecule has 0 spiro atoms. The molecule has 0 radical (unpaired) electrons. The van der Waals surface area contributed by atoms with Crippen molar-refractivity contribution in [2.75, 3.05) is 11.9 Å². The molecule has 6 heteroatoms. The summed E-state index contributed by atoms with van der Waals surface area (Å²) in [5.41, 5.74) is 11.2. The minimum atomic E-state index is -0.208. The van der Waals surface area contributed by atoms with E-state index in [1.54, 1.807) is 6.92 Å². The Hall–Kier alpha value is -1.43. The minimum absolute atomic E-state index is 0. The molecule has 2 rings (SSSR count). The van der Waals surface area contributed by atoms with E-state index in [0.717, 1.165) is 11.3 Å². The zero-order valence-corrected chi connectivity index (χ0v) is 14.9. The second-order valence-electron chi connectivity index (χ2n) is 5.42. The second-order valence-corrected chi connectivity index (χ2v) is 6.27. The van der Waals surface area contributed by atoms with Crippen molar-refractivity contribution in [1.29, 1.82) is 0 Å². The fourth-order valence-electron chi connectivity index (χ4n) is 2.03. The number of carbonyl (C=O) groups is 1. The molecule has 1 amide bonds. The maximum atomic E-state index is 11.8. The summed E-state index contributed by atoms with van der Waals surface area (Å²) < 4.78 is 0. The van der Waals surface area contributed by atoms with Gasteiger partial charge in [-0.3, -0.25) is 4.79 Å². The third-order valence-electron chi connectivity index (χ3n) is 3.65. The summed E-state index contributed by atoms with van der Waals surface area (Å²) in [6.07, 6.45) is 0. The van der Waals surface area contributed by atoms with Crippen LogP contribution in [0.4, 0.5) is 5.13 Å². The maximum Gasteiger partial charge on any atom is 0.230 e. The zero-order valence-electron chi connectivity index (χ0n) is 13.3. The second kappa shape index (κ2) is 7.72. The molecular formula is C16H22ClN3OS. The summed E-state index contributed by atoms with van der Waals surface area (Å²) in [4.78, 5) is 16.3. The molecule has 2 aromatic rings. The Balaban J connectivity index is 0.00000242. The van der Waals surface area contributed by atoms with Crippen molar-refractivity contribution in [2.45, 2.75) is 27.7 Å². The van der Waals surface area contributed by atoms with Crippen LogP contribution in [0.2, 0.25) is 0 Å². The van der Waals surface area contributed by atoms with Crippen molar-refractivity contribution < 1.29 is 4.79 Å². The minimum Gasteiger partial charge on any atom is -0.330 e. The molecule has 1 aromatic heterocycles. The van der Waals surface area contributed by atoms with Crippen LogP contribution in [0.25, 0.3) is 11.3 Å². The van der Waals surface area contributed by atoms with Gasteiger partial charge in [0.05, 0.1) is 5.69 Å². The Bertz CT molecular complexity index is 669. The predicted octanol–water partition coefficient (Wildman–Crippen LogP) is 3.69. The monoisotopic (exact) mass is 339 g/mol. The molecule has 0 aliphatic heterocycles. The first kappa shape index (κ1) is 18.6. The Kier molecular flexibility index (Phi) is 6.53. The topological polar surface area (TPSA) is 68.0 Å². The standard InChI is InChI=1S/C16H21N3OS.ClH/c1-9-5-11(3)13(6-10(9)2)14-8-21-16(18-14)19-15(20)12(4)7-17;/h5-6,8,12H,7,17H2,1-4H3,(H,18,19,20);1H. The molecule has 1 heterocycles. The number of rotatable bonds is 4. The Morgan fingerprint density at radius 2 is 1.91 bits per heavy atom. The van der Waals surface area contributed by atoms with Crippen molar-refractivity contribution >= 4 is 34.8 Å². The number of aromatic nitrogens is 1. The fourth-order valence-corrected chi connectivity index (χ4v) is 2.74. The molecule has 3 N–H and O–H groups in total. The van der Waals surface area contributed by atoms with Crippen LogP contribution in [0.15, 0.2) is 17.5 Å². The number of hydrogen-bond acceptors (Lipinski definition) is 4. The van der Waals surface area contributed by atoms with E-state index in [-0.39, 0.29) is 24.2 Å². The van der Waals surface area contributed by atoms with Crippen LogP contribution >= 0.6 is 23.7 Å². The van der Waals surface area contributed by atoms with E-state index in [0.29, 0.717) is 11.7 Å². The van der Waals surface area contributed by atoms with E-state index in [2.05, 4.69) is 43.2 Å². The van der Waals surface area contributed by atoms with E-state index in [1.165, 1.54) is 28.0 Å². The number of thiazole rings is 1. The molecule has 0 saturated heterocycles. The van der Waals surface area contributed by atoms with Crippen LogP contribution < -0.4 is 11.1 Å². The fraction of sp³-hybridized carbons (Fsp3) is 0.375. The molecule has 0 bridgehead atoms. The molecule has 0 aliphatic rings. The third-order valence-corrected chi connectivity index (χ3v) is 4.41. The molecular weight excluding hydrogens is 318 g/mol. The predicted molar refractivity (Wildman–Crippen MR) is 95.9 cm³/mol. The number of hydrogen-bond donors (Lipinski definition) is 2. The lowest BCUT2D eigenvalue weighted by Gasteiger charge is -2.08. The third kappa shape index (κ3) is 4.06. The molecule has 0 aliphatic carbocycles. The van der Waals surface area contributed by atoms with Gasteiger partial charge in [-0.1, -0.05) is 13.0 Å². The number of nitrogens with one attached hydrogen (secondary N) is 1. The number of amides is 1. The highest BCUT2D eigenvalue weighted by Crippen LogP contribution is 2.29. The maximum absolute atomic E-state index is 11.8. The Morgan fingerprint density at radius 3 is 2.55 bits per heavy atom. The molecule has 1 aromatic carbocycles. The van der Waals surface area contributed by atoms with Gasteiger partial charge in [0.1, 0.15) is 0 Å². The number of aryl methyl sites for hydroxylation is 3. The zero-order chi connectivity index (χ0) is 15.6. The van der Waals surface area contributed by atoms with Crippen molar-refractivity contribution in [3.8, 4) is 11.3 Å². The van der Waals surface area contributed by atoms with Crippen LogP contribution in [-0.4, -0.2) is 17.4 Å². The van der Waals surface area contributed by atoms with E-state index in [9.17, 15) is 4.79 Å². The van der Waals surface area contributed by atoms with Crippen molar-refractivity contribution in [3.05, 3.63) is 34.2 Å². The lowest BCUT2D eigenvalue weighted by molar-refractivity contribution is -0.119. The number of halogens is 1. The molecule has 4 nitrogen and oxygen atoms in total. The molecule has 0 saturated carbocycles. The van der Waals surface area contributed by atoms with Crippen LogP contribution in [-0.2, 0) is 4.79 Å². The summed E-state index contributed by atoms with van der Waals surface area (Å²) in [6.45, 7) is 8.41. The van der Waals surface area contributed by atoms with Crippen molar-refractivity contribution in [1.82, 2.24) is 4.98 Å². The normalized spacial score (nSPS) is 11.7. The van der Waals surface area contributed by atoms with Gasteiger partial charge in [0, 0.05) is 23.4 Å². The van der Waals surface area contributed by atoms with Crippen LogP contribution in [0.3, 0.4) is 0 Å². The summed E-state index contributed by atoms with van der Waals surface area (Å²) in [7, 11) is 0. The van der Waals surface area contributed by atoms with Gasteiger partial charge >= 0.3 is 0 Å². The molecule has 120 valence electrons. The molecule has 22 heavy (non-hydrogen) atoms. The molecule has 0 fully saturated rings. The first-order valence-electron chi connectivity index (χ1n) is 6.97. The lowest BCUT2D eigenvalue weighted by atomic mass is 9.99. The van der Waals surface area contributed by atoms with Gasteiger partial charge in [0.15, 0.2) is 5.13 Å². The van der Waals surface area contributed by atoms with E-state index in [1.807, 2.05) is 5.38 Å². The first-order chi connectivity index (χ1) is 9.92. The summed E-state index contributed by atoms with van der Waals surface area (Å²) in [5.74, 6) is -0.295. The number of anilines is 1. The largest absolute Gasteiger partial charge is 0.330 e. The van der Waals surface area contributed by atoms with Gasteiger partial charge in [0.2, 0.25) is 5.91 Å². The van der Waals surface area contributed by atoms with Gasteiger partial charge < -0.3 is 11.1 Å². The van der Waals surface area contributed by atoms with Crippen LogP contribution in [0.5, 0.6) is 0 Å². The van der Waals surface area contributed by atoms with E-state index < -0.39 is 0 Å². The summed E-state index contributed by atoms with van der Waals surface area (Å²) in [5, 5.41) is 5.41. The summed E-state index contributed by atoms with van der Waals surface area (Å²) >= 11 is 1.44. The van der Waals surface area contributed by atoms with Crippen molar-refractivity contribution in [3.63, 3.8) is 0 Å². The van der Waals surface area contributed by atoms with Gasteiger partial charge in [0.25, 0.3) is 0 Å². The van der Waals surface area contributed by atoms with Crippen LogP contribution in [0, 0.1) is 26.7 Å². The van der Waals surface area contributed by atoms with Gasteiger partial charge in [-0.2, -0.15) is 0 Å². The molecule has 1 atom stereocenters. The molecule has 1 unspecified atom stereocenters. The average Bonchev–Trinajstić information content (AvgIpc) is 2.90. The number of carbonyl (C=O) groups excluding carboxylic acids is 1. The Morgan fingerprint density at radius 1 is 1.27 bits per heavy atom. The Labute approximate surface area is 141 Å². The number of benzene rings is 1. The summed E-state index contributed by atoms with van der Waals surface area (Å²) in [6, 6.07) is 4.31. The highest BCUT2D eigenvalue weighted by Gasteiger charge is 2.14. The average molecular weight is 340 g/mol. The SMILES string of the molecule is Cc1cc(C)c(-c2csc(NC(=O)C(C)CN)n2)cc1C.Cl. The van der Waals surface area contributed by atoms with Gasteiger partial charge in [-0.25, -0.2) is 4.98 Å². The van der Waals surface area contributed by atoms with Crippen molar-refractivity contribution in [2.24, 2.45) is 11.7 Å². The van der Waals surface area contributed by atoms with Gasteiger partial charge in [-0.15, -0.1) is 23.7 Å². The lowest BCUT2D eigenvalue weighted by Crippen LogP contribution is -2.26. The van der Waals surface area contributed by atoms with E-state index >= 15 is 0 Å². The highest BCUT2D eigenvalue weighted by molar-refractivity contribution is 7.14. The smallest absolute Gasteiger partial charge is 0.230 e. The quantitative estimate of drug-likeness (QED) is 0.892. The number of nitrogens with zero attached hydrogens (tertiary/aromatic N) is 1. The van der Waals surface area contributed by atoms with Crippen LogP contribution in [0.1, 0.15) is 23.6 Å². The first-order valence-corrected chi connectivity index (χ1v) is 7.85. The van der Waals surface area contributed by atoms with Gasteiger partial charge in [-0.05, 0) is 43.5 Å². The number of nitrogens with two attached hydrogens (primary N) is 1.